The summed E-state index contributed by atoms with van der Waals surface area (Å²) in [5, 5.41) is 13.2. The number of carboxylic acids is 1. The predicted octanol–water partition coefficient (Wildman–Crippen LogP) is 0.253. The molecule has 0 atom stereocenters. The topological polar surface area (TPSA) is 84.2 Å². The second-order valence-corrected chi connectivity index (χ2v) is 3.14. The van der Waals surface area contributed by atoms with Crippen LogP contribution in [0.5, 0.6) is 0 Å². The Hall–Kier alpha value is -2.06. The van der Waals surface area contributed by atoms with Crippen LogP contribution < -0.4 is 5.32 Å². The molecule has 0 fully saturated rings. The number of carboxylic acid groups (broad SMARTS) is 1. The van der Waals surface area contributed by atoms with Crippen molar-refractivity contribution in [3.8, 4) is 0 Å². The van der Waals surface area contributed by atoms with Crippen LogP contribution in [0.25, 0.3) is 0 Å². The first-order valence-electron chi connectivity index (χ1n) is 4.32. The number of carbonyl (C=O) groups is 2. The molecule has 1 amide bonds. The van der Waals surface area contributed by atoms with Crippen molar-refractivity contribution >= 4 is 11.9 Å². The molecule has 0 saturated carbocycles. The normalized spacial score (nSPS) is 11.3. The monoisotopic (exact) mass is 251 g/mol. The number of halogens is 3. The van der Waals surface area contributed by atoms with Gasteiger partial charge in [-0.2, -0.15) is 18.3 Å². The van der Waals surface area contributed by atoms with Gasteiger partial charge >= 0.3 is 12.1 Å². The molecule has 0 spiro atoms. The van der Waals surface area contributed by atoms with Gasteiger partial charge in [-0.3, -0.25) is 14.3 Å². The van der Waals surface area contributed by atoms with Crippen LogP contribution in [0.2, 0.25) is 0 Å². The molecule has 0 unspecified atom stereocenters. The Kier molecular flexibility index (Phi) is 3.39. The van der Waals surface area contributed by atoms with Crippen molar-refractivity contribution in [3.05, 3.63) is 17.5 Å². The summed E-state index contributed by atoms with van der Waals surface area (Å²) < 4.78 is 38.2. The SMILES string of the molecule is Cn1cc(C(=O)NCC(=O)O)c(C(F)(F)F)n1. The number of alkyl halides is 3. The number of hydrogen-bond acceptors (Lipinski definition) is 3. The van der Waals surface area contributed by atoms with Crippen molar-refractivity contribution in [3.63, 3.8) is 0 Å². The summed E-state index contributed by atoms with van der Waals surface area (Å²) in [7, 11) is 1.23. The van der Waals surface area contributed by atoms with Crippen molar-refractivity contribution in [2.45, 2.75) is 6.18 Å². The second kappa shape index (κ2) is 4.44. The predicted molar refractivity (Wildman–Crippen MR) is 48.2 cm³/mol. The van der Waals surface area contributed by atoms with Gasteiger partial charge in [-0.15, -0.1) is 0 Å². The highest BCUT2D eigenvalue weighted by molar-refractivity contribution is 5.96. The van der Waals surface area contributed by atoms with E-state index >= 15 is 0 Å². The fourth-order valence-electron chi connectivity index (χ4n) is 1.12. The number of hydrogen-bond donors (Lipinski definition) is 2. The summed E-state index contributed by atoms with van der Waals surface area (Å²) in [5.41, 5.74) is -2.05. The van der Waals surface area contributed by atoms with Crippen molar-refractivity contribution < 1.29 is 27.9 Å². The molecule has 0 radical (unpaired) electrons. The summed E-state index contributed by atoms with van der Waals surface area (Å²) in [5.74, 6) is -2.48. The maximum absolute atomic E-state index is 12.4. The lowest BCUT2D eigenvalue weighted by Gasteiger charge is -2.05. The fraction of sp³-hybridized carbons (Fsp3) is 0.375. The summed E-state index contributed by atoms with van der Waals surface area (Å²) in [6.07, 6.45) is -3.89. The van der Waals surface area contributed by atoms with Crippen LogP contribution in [0.1, 0.15) is 16.1 Å². The number of aromatic nitrogens is 2. The Bertz CT molecular complexity index is 453. The first kappa shape index (κ1) is 13.0. The third-order valence-electron chi connectivity index (χ3n) is 1.74. The molecule has 2 N–H and O–H groups in total. The van der Waals surface area contributed by atoms with Crippen LogP contribution >= 0.6 is 0 Å². The van der Waals surface area contributed by atoms with E-state index in [2.05, 4.69) is 5.10 Å². The highest BCUT2D eigenvalue weighted by Gasteiger charge is 2.38. The Balaban J connectivity index is 2.97. The zero-order chi connectivity index (χ0) is 13.2. The van der Waals surface area contributed by atoms with Gasteiger partial charge in [-0.1, -0.05) is 0 Å². The zero-order valence-electron chi connectivity index (χ0n) is 8.58. The van der Waals surface area contributed by atoms with E-state index in [-0.39, 0.29) is 0 Å². The van der Waals surface area contributed by atoms with Crippen LogP contribution in [0.4, 0.5) is 13.2 Å². The Labute approximate surface area is 93.0 Å². The van der Waals surface area contributed by atoms with Gasteiger partial charge in [0.15, 0.2) is 5.69 Å². The molecule has 1 aromatic heterocycles. The van der Waals surface area contributed by atoms with Gasteiger partial charge in [0.05, 0.1) is 5.56 Å². The Morgan fingerprint density at radius 3 is 2.59 bits per heavy atom. The van der Waals surface area contributed by atoms with Crippen LogP contribution in [0.3, 0.4) is 0 Å². The number of aliphatic carboxylic acids is 1. The molecule has 0 aliphatic carbocycles. The summed E-state index contributed by atoms with van der Waals surface area (Å²) >= 11 is 0. The highest BCUT2D eigenvalue weighted by Crippen LogP contribution is 2.30. The third-order valence-corrected chi connectivity index (χ3v) is 1.74. The molecule has 1 aromatic rings. The summed E-state index contributed by atoms with van der Waals surface area (Å²) in [6, 6.07) is 0. The lowest BCUT2D eigenvalue weighted by molar-refractivity contribution is -0.141. The van der Waals surface area contributed by atoms with Gasteiger partial charge < -0.3 is 10.4 Å². The van der Waals surface area contributed by atoms with E-state index in [1.807, 2.05) is 5.32 Å². The fourth-order valence-corrected chi connectivity index (χ4v) is 1.12. The van der Waals surface area contributed by atoms with E-state index in [0.717, 1.165) is 10.9 Å². The van der Waals surface area contributed by atoms with Gasteiger partial charge in [-0.05, 0) is 0 Å². The minimum Gasteiger partial charge on any atom is -0.480 e. The Morgan fingerprint density at radius 1 is 1.53 bits per heavy atom. The van der Waals surface area contributed by atoms with Crippen LogP contribution in [-0.4, -0.2) is 33.3 Å². The van der Waals surface area contributed by atoms with Crippen molar-refractivity contribution in [1.29, 1.82) is 0 Å². The van der Waals surface area contributed by atoms with Crippen LogP contribution in [-0.2, 0) is 18.0 Å². The van der Waals surface area contributed by atoms with Crippen molar-refractivity contribution in [2.24, 2.45) is 7.05 Å². The number of nitrogens with one attached hydrogen (secondary N) is 1. The van der Waals surface area contributed by atoms with E-state index in [4.69, 9.17) is 5.11 Å². The van der Waals surface area contributed by atoms with Gasteiger partial charge in [-0.25, -0.2) is 0 Å². The smallest absolute Gasteiger partial charge is 0.435 e. The number of aryl methyl sites for hydroxylation is 1. The molecule has 0 aromatic carbocycles. The van der Waals surface area contributed by atoms with E-state index in [1.54, 1.807) is 0 Å². The standard InChI is InChI=1S/C8H8F3N3O3/c1-14-3-4(6(13-14)8(9,10)11)7(17)12-2-5(15)16/h3H,2H2,1H3,(H,12,17)(H,15,16). The molecule has 1 heterocycles. The molecular weight excluding hydrogens is 243 g/mol. The minimum absolute atomic E-state index is 0.707. The van der Waals surface area contributed by atoms with Crippen molar-refractivity contribution in [2.75, 3.05) is 6.54 Å². The maximum atomic E-state index is 12.4. The first-order chi connectivity index (χ1) is 7.71. The highest BCUT2D eigenvalue weighted by atomic mass is 19.4. The molecule has 0 bridgehead atoms. The quantitative estimate of drug-likeness (QED) is 0.806. The molecule has 0 saturated heterocycles. The minimum atomic E-state index is -4.77. The van der Waals surface area contributed by atoms with E-state index in [0.29, 0.717) is 0 Å². The first-order valence-corrected chi connectivity index (χ1v) is 4.32. The molecule has 6 nitrogen and oxygen atoms in total. The largest absolute Gasteiger partial charge is 0.480 e. The van der Waals surface area contributed by atoms with Gasteiger partial charge in [0.2, 0.25) is 0 Å². The molecule has 94 valence electrons. The lowest BCUT2D eigenvalue weighted by atomic mass is 10.2. The number of nitrogens with zero attached hydrogens (tertiary/aromatic N) is 2. The second-order valence-electron chi connectivity index (χ2n) is 3.14. The number of amides is 1. The summed E-state index contributed by atoms with van der Waals surface area (Å²) in [6.45, 7) is -0.759. The average molecular weight is 251 g/mol. The maximum Gasteiger partial charge on any atom is 0.435 e. The molecule has 0 aliphatic rings. The van der Waals surface area contributed by atoms with Gasteiger partial charge in [0, 0.05) is 13.2 Å². The summed E-state index contributed by atoms with van der Waals surface area (Å²) in [4.78, 5) is 21.5. The zero-order valence-corrected chi connectivity index (χ0v) is 8.58. The lowest BCUT2D eigenvalue weighted by Crippen LogP contribution is -2.30. The van der Waals surface area contributed by atoms with E-state index < -0.39 is 35.9 Å². The van der Waals surface area contributed by atoms with Gasteiger partial charge in [0.25, 0.3) is 5.91 Å². The Morgan fingerprint density at radius 2 is 2.12 bits per heavy atom. The van der Waals surface area contributed by atoms with Crippen molar-refractivity contribution in [1.82, 2.24) is 15.1 Å². The van der Waals surface area contributed by atoms with E-state index in [1.165, 1.54) is 7.05 Å². The van der Waals surface area contributed by atoms with E-state index in [9.17, 15) is 22.8 Å². The van der Waals surface area contributed by atoms with Gasteiger partial charge in [0.1, 0.15) is 6.54 Å². The average Bonchev–Trinajstić information content (AvgIpc) is 2.56. The molecule has 1 rings (SSSR count). The number of rotatable bonds is 3. The third kappa shape index (κ3) is 3.20. The molecule has 0 aliphatic heterocycles. The molecular formula is C8H8F3N3O3. The number of carbonyl (C=O) groups excluding carboxylic acids is 1. The van der Waals surface area contributed by atoms with Crippen LogP contribution in [0.15, 0.2) is 6.20 Å². The molecule has 9 heteroatoms. The van der Waals surface area contributed by atoms with Crippen LogP contribution in [0, 0.1) is 0 Å². The molecule has 17 heavy (non-hydrogen) atoms.